The Balaban J connectivity index is 1.29. The van der Waals surface area contributed by atoms with E-state index in [9.17, 15) is 4.79 Å². The molecule has 1 unspecified atom stereocenters. The van der Waals surface area contributed by atoms with Crippen LogP contribution in [0.15, 0.2) is 42.6 Å². The molecule has 0 bridgehead atoms. The van der Waals surface area contributed by atoms with Crippen molar-refractivity contribution in [1.82, 2.24) is 14.4 Å². The van der Waals surface area contributed by atoms with E-state index in [0.717, 1.165) is 76.5 Å². The SMILES string of the molecule is CCn1ccc2c1C(OC)CCN(CCCN1CCN(c3ccccc3)CC1)C2=O. The Morgan fingerprint density at radius 2 is 1.77 bits per heavy atom. The molecule has 30 heavy (non-hydrogen) atoms. The average molecular weight is 411 g/mol. The number of amides is 1. The van der Waals surface area contributed by atoms with E-state index in [2.05, 4.69) is 51.6 Å². The summed E-state index contributed by atoms with van der Waals surface area (Å²) in [5, 5.41) is 0. The molecule has 1 atom stereocenters. The van der Waals surface area contributed by atoms with Crippen molar-refractivity contribution < 1.29 is 9.53 Å². The second kappa shape index (κ2) is 9.67. The van der Waals surface area contributed by atoms with E-state index in [4.69, 9.17) is 4.74 Å². The number of benzene rings is 1. The number of nitrogens with zero attached hydrogens (tertiary/aromatic N) is 4. The first-order valence-corrected chi connectivity index (χ1v) is 11.2. The Hall–Kier alpha value is -2.31. The minimum absolute atomic E-state index is 0.00466. The Morgan fingerprint density at radius 3 is 2.47 bits per heavy atom. The average Bonchev–Trinajstić information content (AvgIpc) is 3.17. The van der Waals surface area contributed by atoms with E-state index in [-0.39, 0.29) is 12.0 Å². The molecule has 1 aromatic heterocycles. The number of ether oxygens (including phenoxy) is 1. The molecule has 6 nitrogen and oxygen atoms in total. The van der Waals surface area contributed by atoms with Crippen LogP contribution in [0.1, 0.15) is 41.9 Å². The van der Waals surface area contributed by atoms with Gasteiger partial charge in [-0.25, -0.2) is 0 Å². The van der Waals surface area contributed by atoms with Gasteiger partial charge in [0.2, 0.25) is 0 Å². The monoisotopic (exact) mass is 410 g/mol. The number of piperazine rings is 1. The summed E-state index contributed by atoms with van der Waals surface area (Å²) in [7, 11) is 1.75. The second-order valence-electron chi connectivity index (χ2n) is 8.22. The lowest BCUT2D eigenvalue weighted by molar-refractivity contribution is 0.0687. The van der Waals surface area contributed by atoms with Crippen molar-refractivity contribution in [2.75, 3.05) is 57.8 Å². The van der Waals surface area contributed by atoms with Gasteiger partial charge in [-0.15, -0.1) is 0 Å². The number of fused-ring (bicyclic) bond motifs is 1. The van der Waals surface area contributed by atoms with Gasteiger partial charge in [0.05, 0.1) is 17.4 Å². The quantitative estimate of drug-likeness (QED) is 0.703. The van der Waals surface area contributed by atoms with Gasteiger partial charge >= 0.3 is 0 Å². The lowest BCUT2D eigenvalue weighted by atomic mass is 10.1. The third-order valence-electron chi connectivity index (χ3n) is 6.51. The van der Waals surface area contributed by atoms with Crippen molar-refractivity contribution in [1.29, 1.82) is 0 Å². The maximum atomic E-state index is 13.1. The maximum absolute atomic E-state index is 13.1. The number of methoxy groups -OCH3 is 1. The van der Waals surface area contributed by atoms with Crippen LogP contribution in [0.3, 0.4) is 0 Å². The number of hydrogen-bond acceptors (Lipinski definition) is 4. The molecule has 2 aliphatic rings. The van der Waals surface area contributed by atoms with Gasteiger partial charge < -0.3 is 19.1 Å². The Labute approximate surface area is 180 Å². The topological polar surface area (TPSA) is 41.0 Å². The van der Waals surface area contributed by atoms with Crippen molar-refractivity contribution in [2.45, 2.75) is 32.4 Å². The van der Waals surface area contributed by atoms with Crippen LogP contribution in [0.2, 0.25) is 0 Å². The molecule has 0 spiro atoms. The molecule has 1 saturated heterocycles. The van der Waals surface area contributed by atoms with Crippen LogP contribution >= 0.6 is 0 Å². The summed E-state index contributed by atoms with van der Waals surface area (Å²) >= 11 is 0. The van der Waals surface area contributed by atoms with Crippen LogP contribution in [-0.4, -0.2) is 73.2 Å². The first kappa shape index (κ1) is 20.9. The first-order chi connectivity index (χ1) is 14.7. The molecule has 2 aromatic rings. The third-order valence-corrected chi connectivity index (χ3v) is 6.51. The molecule has 6 heteroatoms. The molecular weight excluding hydrogens is 376 g/mol. The molecule has 0 aliphatic carbocycles. The van der Waals surface area contributed by atoms with Crippen LogP contribution in [0.25, 0.3) is 0 Å². The number of carbonyl (C=O) groups excluding carboxylic acids is 1. The number of para-hydroxylation sites is 1. The van der Waals surface area contributed by atoms with E-state index >= 15 is 0 Å². The highest BCUT2D eigenvalue weighted by molar-refractivity contribution is 5.96. The molecule has 4 rings (SSSR count). The third kappa shape index (κ3) is 4.40. The zero-order valence-electron chi connectivity index (χ0n) is 18.3. The smallest absolute Gasteiger partial charge is 0.255 e. The van der Waals surface area contributed by atoms with Crippen molar-refractivity contribution >= 4 is 11.6 Å². The molecule has 3 heterocycles. The highest BCUT2D eigenvalue weighted by Gasteiger charge is 2.30. The molecule has 0 radical (unpaired) electrons. The van der Waals surface area contributed by atoms with E-state index in [1.807, 2.05) is 17.2 Å². The lowest BCUT2D eigenvalue weighted by Crippen LogP contribution is -2.47. The van der Waals surface area contributed by atoms with Gasteiger partial charge in [0.25, 0.3) is 5.91 Å². The highest BCUT2D eigenvalue weighted by atomic mass is 16.5. The van der Waals surface area contributed by atoms with Crippen LogP contribution in [-0.2, 0) is 11.3 Å². The molecule has 0 saturated carbocycles. The fraction of sp³-hybridized carbons (Fsp3) is 0.542. The number of carbonyl (C=O) groups is 1. The summed E-state index contributed by atoms with van der Waals surface area (Å²) in [5.74, 6) is 0.158. The maximum Gasteiger partial charge on any atom is 0.255 e. The minimum Gasteiger partial charge on any atom is -0.375 e. The van der Waals surface area contributed by atoms with Gasteiger partial charge in [-0.05, 0) is 44.5 Å². The van der Waals surface area contributed by atoms with Crippen LogP contribution in [0.5, 0.6) is 0 Å². The molecule has 162 valence electrons. The Bertz CT molecular complexity index is 827. The Morgan fingerprint density at radius 1 is 1.00 bits per heavy atom. The number of aryl methyl sites for hydroxylation is 1. The van der Waals surface area contributed by atoms with Crippen molar-refractivity contribution in [2.24, 2.45) is 0 Å². The van der Waals surface area contributed by atoms with E-state index in [0.29, 0.717) is 0 Å². The second-order valence-corrected chi connectivity index (χ2v) is 8.22. The molecule has 0 N–H and O–H groups in total. The summed E-state index contributed by atoms with van der Waals surface area (Å²) in [4.78, 5) is 20.2. The van der Waals surface area contributed by atoms with Gasteiger partial charge in [-0.1, -0.05) is 18.2 Å². The molecule has 2 aliphatic heterocycles. The standard InChI is InChI=1S/C24H34N4O2/c1-3-26-14-10-21-23(26)22(30-2)11-15-28(24(21)29)13-7-12-25-16-18-27(19-17-25)20-8-5-4-6-9-20/h4-6,8-10,14,22H,3,7,11-13,15-19H2,1-2H3. The zero-order chi connectivity index (χ0) is 20.9. The molecule has 1 fully saturated rings. The van der Waals surface area contributed by atoms with Crippen molar-refractivity contribution in [3.05, 3.63) is 53.9 Å². The zero-order valence-corrected chi connectivity index (χ0v) is 18.3. The van der Waals surface area contributed by atoms with Gasteiger partial charge in [0.15, 0.2) is 0 Å². The summed E-state index contributed by atoms with van der Waals surface area (Å²) < 4.78 is 7.88. The highest BCUT2D eigenvalue weighted by Crippen LogP contribution is 2.30. The number of anilines is 1. The largest absolute Gasteiger partial charge is 0.375 e. The van der Waals surface area contributed by atoms with Crippen molar-refractivity contribution in [3.8, 4) is 0 Å². The summed E-state index contributed by atoms with van der Waals surface area (Å²) in [6.45, 7) is 9.88. The normalized spacial score (nSPS) is 20.3. The fourth-order valence-corrected chi connectivity index (χ4v) is 4.78. The van der Waals surface area contributed by atoms with Crippen LogP contribution in [0.4, 0.5) is 5.69 Å². The summed E-state index contributed by atoms with van der Waals surface area (Å²) in [6, 6.07) is 12.6. The molecule has 1 amide bonds. The van der Waals surface area contributed by atoms with Crippen LogP contribution in [0, 0.1) is 0 Å². The fourth-order valence-electron chi connectivity index (χ4n) is 4.78. The molecular formula is C24H34N4O2. The Kier molecular flexibility index (Phi) is 6.75. The minimum atomic E-state index is -0.00466. The van der Waals surface area contributed by atoms with Gasteiger partial charge in [-0.3, -0.25) is 9.69 Å². The number of aromatic nitrogens is 1. The van der Waals surface area contributed by atoms with Gasteiger partial charge in [0.1, 0.15) is 0 Å². The number of hydrogen-bond donors (Lipinski definition) is 0. The predicted octanol–water partition coefficient (Wildman–Crippen LogP) is 3.25. The first-order valence-electron chi connectivity index (χ1n) is 11.2. The predicted molar refractivity (Wildman–Crippen MR) is 120 cm³/mol. The van der Waals surface area contributed by atoms with E-state index < -0.39 is 0 Å². The summed E-state index contributed by atoms with van der Waals surface area (Å²) in [6.07, 6.45) is 3.88. The van der Waals surface area contributed by atoms with Gasteiger partial charge in [0, 0.05) is 64.8 Å². The van der Waals surface area contributed by atoms with E-state index in [1.165, 1.54) is 5.69 Å². The van der Waals surface area contributed by atoms with Gasteiger partial charge in [-0.2, -0.15) is 0 Å². The van der Waals surface area contributed by atoms with Crippen LogP contribution < -0.4 is 4.90 Å². The lowest BCUT2D eigenvalue weighted by Gasteiger charge is -2.36. The van der Waals surface area contributed by atoms with Crippen molar-refractivity contribution in [3.63, 3.8) is 0 Å². The number of rotatable bonds is 7. The summed E-state index contributed by atoms with van der Waals surface area (Å²) in [5.41, 5.74) is 3.18. The van der Waals surface area contributed by atoms with E-state index in [1.54, 1.807) is 7.11 Å². The molecule has 1 aromatic carbocycles.